The number of benzene rings is 3. The van der Waals surface area contributed by atoms with Gasteiger partial charge in [-0.1, -0.05) is 28.1 Å². The summed E-state index contributed by atoms with van der Waals surface area (Å²) in [6.45, 7) is 2.31. The number of aromatic amines is 1. The van der Waals surface area contributed by atoms with Crippen molar-refractivity contribution >= 4 is 32.9 Å². The molecule has 6 nitrogen and oxygen atoms in total. The van der Waals surface area contributed by atoms with Crippen molar-refractivity contribution in [3.63, 3.8) is 0 Å². The molecule has 35 heavy (non-hydrogen) atoms. The van der Waals surface area contributed by atoms with E-state index in [1.165, 1.54) is 24.3 Å². The minimum Gasteiger partial charge on any atom is -0.491 e. The van der Waals surface area contributed by atoms with Crippen molar-refractivity contribution in [1.82, 2.24) is 9.88 Å². The molecule has 8 heteroatoms. The third-order valence-electron chi connectivity index (χ3n) is 6.03. The molecule has 2 heterocycles. The zero-order valence-electron chi connectivity index (χ0n) is 19.0. The number of aliphatic hydroxyl groups excluding tert-OH is 1. The largest absolute Gasteiger partial charge is 0.491 e. The van der Waals surface area contributed by atoms with Gasteiger partial charge in [-0.3, -0.25) is 4.90 Å². The summed E-state index contributed by atoms with van der Waals surface area (Å²) in [5.41, 5.74) is 3.97. The van der Waals surface area contributed by atoms with Crippen LogP contribution in [0.25, 0.3) is 10.9 Å². The number of rotatable bonds is 5. The fourth-order valence-electron chi connectivity index (χ4n) is 4.43. The summed E-state index contributed by atoms with van der Waals surface area (Å²) < 4.78 is 25.5. The maximum Gasteiger partial charge on any atom is 0.416 e. The molecule has 0 spiro atoms. The average molecular weight is 539 g/mol. The molecule has 1 aromatic heterocycles. The first-order valence-electron chi connectivity index (χ1n) is 11.3. The van der Waals surface area contributed by atoms with Gasteiger partial charge in [0.1, 0.15) is 30.0 Å². The molecule has 4 aromatic rings. The number of carbonyl (C=O) groups is 1. The van der Waals surface area contributed by atoms with E-state index in [1.807, 2.05) is 36.4 Å². The van der Waals surface area contributed by atoms with E-state index in [0.29, 0.717) is 18.7 Å². The molecule has 2 N–H and O–H groups in total. The van der Waals surface area contributed by atoms with Crippen LogP contribution in [-0.2, 0) is 6.42 Å². The van der Waals surface area contributed by atoms with Crippen LogP contribution in [0, 0.1) is 5.82 Å². The topological polar surface area (TPSA) is 74.8 Å². The minimum atomic E-state index is -0.571. The number of hydrogen-bond acceptors (Lipinski definition) is 4. The number of carbonyl (C=O) groups excluding carboxylic acids is 1. The highest BCUT2D eigenvalue weighted by atomic mass is 79.9. The Hall–Kier alpha value is -3.36. The third-order valence-corrected chi connectivity index (χ3v) is 6.52. The summed E-state index contributed by atoms with van der Waals surface area (Å²) in [4.78, 5) is 18.5. The van der Waals surface area contributed by atoms with Crippen molar-refractivity contribution in [2.75, 3.05) is 13.2 Å². The highest BCUT2D eigenvalue weighted by molar-refractivity contribution is 9.10. The molecule has 5 rings (SSSR count). The number of H-pyrrole nitrogens is 1. The lowest BCUT2D eigenvalue weighted by Gasteiger charge is -2.35. The van der Waals surface area contributed by atoms with Gasteiger partial charge >= 0.3 is 6.09 Å². The van der Waals surface area contributed by atoms with E-state index in [-0.39, 0.29) is 12.4 Å². The van der Waals surface area contributed by atoms with Gasteiger partial charge in [0.05, 0.1) is 6.10 Å². The summed E-state index contributed by atoms with van der Waals surface area (Å²) >= 11 is 3.56. The van der Waals surface area contributed by atoms with Gasteiger partial charge in [-0.25, -0.2) is 9.18 Å². The maximum absolute atomic E-state index is 13.3. The first-order chi connectivity index (χ1) is 16.9. The monoisotopic (exact) mass is 538 g/mol. The molecule has 1 aliphatic heterocycles. The van der Waals surface area contributed by atoms with E-state index < -0.39 is 24.1 Å². The van der Waals surface area contributed by atoms with Crippen molar-refractivity contribution in [2.24, 2.45) is 0 Å². The number of amides is 1. The summed E-state index contributed by atoms with van der Waals surface area (Å²) in [5.74, 6) is 0.516. The molecule has 2 unspecified atom stereocenters. The van der Waals surface area contributed by atoms with E-state index in [9.17, 15) is 14.3 Å². The standard InChI is InChI=1S/C27H24BrFN2O4/c1-16(32)15-34-20-7-2-17(3-8-20)26-25-22(23-14-18(28)4-11-24(23)30-25)12-13-31(26)27(33)35-21-9-5-19(29)6-10-21/h2-11,14,16,26,30,32H,12-13,15H2,1H3. The number of nitrogens with zero attached hydrogens (tertiary/aromatic N) is 1. The summed E-state index contributed by atoms with van der Waals surface area (Å²) in [6.07, 6.45) is -0.421. The van der Waals surface area contributed by atoms with Crippen molar-refractivity contribution < 1.29 is 23.8 Å². The van der Waals surface area contributed by atoms with Crippen LogP contribution in [-0.4, -0.2) is 40.3 Å². The van der Waals surface area contributed by atoms with Crippen LogP contribution >= 0.6 is 15.9 Å². The zero-order valence-corrected chi connectivity index (χ0v) is 20.6. The number of aliphatic hydroxyl groups is 1. The van der Waals surface area contributed by atoms with Crippen LogP contribution in [0.3, 0.4) is 0 Å². The van der Waals surface area contributed by atoms with E-state index in [1.54, 1.807) is 11.8 Å². The Bertz CT molecular complexity index is 1350. The first-order valence-corrected chi connectivity index (χ1v) is 12.1. The van der Waals surface area contributed by atoms with E-state index in [2.05, 4.69) is 27.0 Å². The molecule has 0 fully saturated rings. The Morgan fingerprint density at radius 3 is 2.57 bits per heavy atom. The fourth-order valence-corrected chi connectivity index (χ4v) is 4.79. The normalized spacial score (nSPS) is 16.1. The SMILES string of the molecule is CC(O)COc1ccc(C2c3[nH]c4ccc(Br)cc4c3CCN2C(=O)Oc2ccc(F)cc2)cc1. The Kier molecular flexibility index (Phi) is 6.49. The van der Waals surface area contributed by atoms with Crippen LogP contribution in [0.15, 0.2) is 71.2 Å². The lowest BCUT2D eigenvalue weighted by molar-refractivity contribution is 0.122. The van der Waals surface area contributed by atoms with Gasteiger partial charge in [0.25, 0.3) is 0 Å². The molecular formula is C27H24BrFN2O4. The van der Waals surface area contributed by atoms with E-state index >= 15 is 0 Å². The van der Waals surface area contributed by atoms with Gasteiger partial charge in [0.2, 0.25) is 0 Å². The number of nitrogens with one attached hydrogen (secondary N) is 1. The lowest BCUT2D eigenvalue weighted by Crippen LogP contribution is -2.42. The molecule has 3 aromatic carbocycles. The van der Waals surface area contributed by atoms with Crippen LogP contribution in [0.4, 0.5) is 9.18 Å². The van der Waals surface area contributed by atoms with Gasteiger partial charge in [-0.05, 0) is 79.1 Å². The van der Waals surface area contributed by atoms with Crippen molar-refractivity contribution in [3.8, 4) is 11.5 Å². The molecule has 1 aliphatic rings. The van der Waals surface area contributed by atoms with E-state index in [0.717, 1.165) is 32.2 Å². The molecule has 2 atom stereocenters. The smallest absolute Gasteiger partial charge is 0.416 e. The number of halogens is 2. The van der Waals surface area contributed by atoms with Crippen LogP contribution < -0.4 is 9.47 Å². The van der Waals surface area contributed by atoms with Gasteiger partial charge in [-0.15, -0.1) is 0 Å². The second kappa shape index (κ2) is 9.71. The Balaban J connectivity index is 1.52. The Morgan fingerprint density at radius 1 is 1.14 bits per heavy atom. The summed E-state index contributed by atoms with van der Waals surface area (Å²) in [7, 11) is 0. The van der Waals surface area contributed by atoms with Crippen molar-refractivity contribution in [2.45, 2.75) is 25.5 Å². The van der Waals surface area contributed by atoms with Gasteiger partial charge < -0.3 is 19.6 Å². The second-order valence-corrected chi connectivity index (χ2v) is 9.52. The number of fused-ring (bicyclic) bond motifs is 3. The number of aromatic nitrogens is 1. The van der Waals surface area contributed by atoms with Gasteiger partial charge in [-0.2, -0.15) is 0 Å². The predicted molar refractivity (Wildman–Crippen MR) is 134 cm³/mol. The summed E-state index contributed by atoms with van der Waals surface area (Å²) in [6, 6.07) is 18.5. The highest BCUT2D eigenvalue weighted by Crippen LogP contribution is 2.40. The Morgan fingerprint density at radius 2 is 1.86 bits per heavy atom. The quantitative estimate of drug-likeness (QED) is 0.328. The zero-order chi connectivity index (χ0) is 24.5. The molecule has 180 valence electrons. The molecular weight excluding hydrogens is 515 g/mol. The minimum absolute atomic E-state index is 0.194. The third kappa shape index (κ3) is 4.90. The highest BCUT2D eigenvalue weighted by Gasteiger charge is 2.35. The molecule has 1 amide bonds. The van der Waals surface area contributed by atoms with Crippen LogP contribution in [0.5, 0.6) is 11.5 Å². The number of hydrogen-bond donors (Lipinski definition) is 2. The molecule has 0 radical (unpaired) electrons. The van der Waals surface area contributed by atoms with E-state index in [4.69, 9.17) is 9.47 Å². The average Bonchev–Trinajstić information content (AvgIpc) is 3.21. The second-order valence-electron chi connectivity index (χ2n) is 8.60. The molecule has 0 aliphatic carbocycles. The summed E-state index contributed by atoms with van der Waals surface area (Å²) in [5, 5.41) is 10.6. The maximum atomic E-state index is 13.3. The molecule has 0 saturated carbocycles. The number of ether oxygens (including phenoxy) is 2. The molecule has 0 bridgehead atoms. The van der Waals surface area contributed by atoms with Gasteiger partial charge in [0, 0.05) is 27.6 Å². The Labute approximate surface area is 210 Å². The lowest BCUT2D eigenvalue weighted by atomic mass is 9.92. The predicted octanol–water partition coefficient (Wildman–Crippen LogP) is 5.98. The van der Waals surface area contributed by atoms with Crippen LogP contribution in [0.1, 0.15) is 29.8 Å². The fraction of sp³-hybridized carbons (Fsp3) is 0.222. The van der Waals surface area contributed by atoms with Crippen LogP contribution in [0.2, 0.25) is 0 Å². The molecule has 0 saturated heterocycles. The van der Waals surface area contributed by atoms with Crippen molar-refractivity contribution in [1.29, 1.82) is 0 Å². The van der Waals surface area contributed by atoms with Gasteiger partial charge in [0.15, 0.2) is 0 Å². The first kappa shape index (κ1) is 23.4. The van der Waals surface area contributed by atoms with Crippen molar-refractivity contribution in [3.05, 3.63) is 93.8 Å².